The number of nitrogens with zero attached hydrogens (tertiary/aromatic N) is 1. The Morgan fingerprint density at radius 1 is 1.50 bits per heavy atom. The van der Waals surface area contributed by atoms with Crippen molar-refractivity contribution in [2.45, 2.75) is 26.4 Å². The predicted molar refractivity (Wildman–Crippen MR) is 59.3 cm³/mol. The number of hydrogen-bond acceptors (Lipinski definition) is 5. The molecule has 0 unspecified atom stereocenters. The highest BCUT2D eigenvalue weighted by molar-refractivity contribution is 5.15. The Hall–Kier alpha value is -1.33. The molecule has 5 heteroatoms. The molecule has 0 aliphatic carbocycles. The van der Waals surface area contributed by atoms with Gasteiger partial charge in [-0.2, -0.15) is 0 Å². The van der Waals surface area contributed by atoms with Gasteiger partial charge in [-0.15, -0.1) is 0 Å². The highest BCUT2D eigenvalue weighted by Crippen LogP contribution is 2.08. The third-order valence-electron chi connectivity index (χ3n) is 2.34. The van der Waals surface area contributed by atoms with Crippen LogP contribution >= 0.6 is 0 Å². The van der Waals surface area contributed by atoms with Gasteiger partial charge < -0.3 is 14.6 Å². The Balaban J connectivity index is 2.77. The average Bonchev–Trinajstić information content (AvgIpc) is 2.22. The van der Waals surface area contributed by atoms with Gasteiger partial charge in [-0.1, -0.05) is 0 Å². The van der Waals surface area contributed by atoms with Gasteiger partial charge in [-0.05, 0) is 13.8 Å². The molecule has 16 heavy (non-hydrogen) atoms. The first-order valence-corrected chi connectivity index (χ1v) is 5.20. The fourth-order valence-electron chi connectivity index (χ4n) is 1.38. The molecule has 0 fully saturated rings. The first-order chi connectivity index (χ1) is 7.54. The van der Waals surface area contributed by atoms with Crippen LogP contribution < -0.4 is 5.43 Å². The molecule has 0 radical (unpaired) electrons. The van der Waals surface area contributed by atoms with Crippen molar-refractivity contribution in [1.29, 1.82) is 0 Å². The van der Waals surface area contributed by atoms with Crippen LogP contribution in [0.1, 0.15) is 19.6 Å². The van der Waals surface area contributed by atoms with Gasteiger partial charge in [0.15, 0.2) is 5.75 Å². The molecule has 1 aromatic rings. The summed E-state index contributed by atoms with van der Waals surface area (Å²) in [5, 5.41) is 17.9. The van der Waals surface area contributed by atoms with Crippen LogP contribution in [0.2, 0.25) is 0 Å². The molecule has 2 N–H and O–H groups in total. The van der Waals surface area contributed by atoms with Gasteiger partial charge in [0.1, 0.15) is 12.0 Å². The Morgan fingerprint density at radius 3 is 2.69 bits per heavy atom. The summed E-state index contributed by atoms with van der Waals surface area (Å²) in [5.41, 5.74) is -0.450. The molecule has 1 aromatic heterocycles. The molecule has 5 nitrogen and oxygen atoms in total. The Labute approximate surface area is 93.9 Å². The average molecular weight is 227 g/mol. The minimum atomic E-state index is -0.450. The number of rotatable bonds is 5. The van der Waals surface area contributed by atoms with Gasteiger partial charge >= 0.3 is 0 Å². The molecule has 0 saturated heterocycles. The largest absolute Gasteiger partial charge is 0.502 e. The summed E-state index contributed by atoms with van der Waals surface area (Å²) >= 11 is 0. The van der Waals surface area contributed by atoms with E-state index < -0.39 is 5.43 Å². The van der Waals surface area contributed by atoms with E-state index in [9.17, 15) is 4.79 Å². The number of aromatic hydroxyl groups is 1. The van der Waals surface area contributed by atoms with Crippen molar-refractivity contribution < 1.29 is 14.6 Å². The zero-order chi connectivity index (χ0) is 12.1. The molecular weight excluding hydrogens is 210 g/mol. The van der Waals surface area contributed by atoms with Crippen LogP contribution in [0.5, 0.6) is 5.75 Å². The first-order valence-electron chi connectivity index (χ1n) is 5.20. The van der Waals surface area contributed by atoms with Crippen molar-refractivity contribution in [3.63, 3.8) is 0 Å². The van der Waals surface area contributed by atoms with Crippen LogP contribution in [0.3, 0.4) is 0 Å². The van der Waals surface area contributed by atoms with Crippen molar-refractivity contribution >= 4 is 0 Å². The quantitative estimate of drug-likeness (QED) is 0.768. The van der Waals surface area contributed by atoms with Gasteiger partial charge in [-0.25, -0.2) is 0 Å². The molecule has 1 rings (SSSR count). The zero-order valence-electron chi connectivity index (χ0n) is 9.51. The van der Waals surface area contributed by atoms with E-state index in [2.05, 4.69) is 0 Å². The summed E-state index contributed by atoms with van der Waals surface area (Å²) in [6, 6.07) is 1.51. The van der Waals surface area contributed by atoms with E-state index in [0.717, 1.165) is 6.26 Å². The Morgan fingerprint density at radius 2 is 2.19 bits per heavy atom. The van der Waals surface area contributed by atoms with E-state index in [1.807, 2.05) is 18.7 Å². The summed E-state index contributed by atoms with van der Waals surface area (Å²) in [6.07, 6.45) is 1.04. The van der Waals surface area contributed by atoms with Crippen LogP contribution in [0, 0.1) is 0 Å². The molecular formula is C11H17NO4. The summed E-state index contributed by atoms with van der Waals surface area (Å²) in [5.74, 6) is 0.0898. The van der Waals surface area contributed by atoms with Crippen molar-refractivity contribution in [2.24, 2.45) is 0 Å². The third-order valence-corrected chi connectivity index (χ3v) is 2.34. The lowest BCUT2D eigenvalue weighted by Gasteiger charge is -2.24. The minimum Gasteiger partial charge on any atom is -0.502 e. The van der Waals surface area contributed by atoms with E-state index in [0.29, 0.717) is 18.8 Å². The van der Waals surface area contributed by atoms with Crippen LogP contribution in [-0.4, -0.2) is 34.3 Å². The summed E-state index contributed by atoms with van der Waals surface area (Å²) in [7, 11) is 0. The zero-order valence-corrected chi connectivity index (χ0v) is 9.51. The second-order valence-corrected chi connectivity index (χ2v) is 3.88. The van der Waals surface area contributed by atoms with Gasteiger partial charge in [0, 0.05) is 18.7 Å². The summed E-state index contributed by atoms with van der Waals surface area (Å²) in [4.78, 5) is 13.1. The monoisotopic (exact) mass is 227 g/mol. The van der Waals surface area contributed by atoms with Crippen molar-refractivity contribution in [2.75, 3.05) is 13.2 Å². The third kappa shape index (κ3) is 3.36. The van der Waals surface area contributed by atoms with Crippen LogP contribution in [0.15, 0.2) is 21.5 Å². The highest BCUT2D eigenvalue weighted by atomic mass is 16.4. The fourth-order valence-corrected chi connectivity index (χ4v) is 1.38. The van der Waals surface area contributed by atoms with Crippen LogP contribution in [0.25, 0.3) is 0 Å². The van der Waals surface area contributed by atoms with Crippen molar-refractivity contribution in [3.8, 4) is 5.75 Å². The molecule has 1 heterocycles. The predicted octanol–water partition coefficient (Wildman–Crippen LogP) is 0.548. The lowest BCUT2D eigenvalue weighted by molar-refractivity contribution is 0.149. The van der Waals surface area contributed by atoms with E-state index in [4.69, 9.17) is 14.6 Å². The lowest BCUT2D eigenvalue weighted by atomic mass is 10.2. The van der Waals surface area contributed by atoms with Gasteiger partial charge in [0.25, 0.3) is 0 Å². The first kappa shape index (κ1) is 12.7. The second kappa shape index (κ2) is 5.67. The second-order valence-electron chi connectivity index (χ2n) is 3.88. The summed E-state index contributed by atoms with van der Waals surface area (Å²) in [6.45, 7) is 5.00. The SMILES string of the molecule is CC(C)N(CCO)Cc1cc(=O)c(O)co1. The standard InChI is InChI=1S/C11H17NO4/c1-8(2)12(3-4-13)6-9-5-10(14)11(15)7-16-9/h5,7-8,13,15H,3-4,6H2,1-2H3. The highest BCUT2D eigenvalue weighted by Gasteiger charge is 2.11. The van der Waals surface area contributed by atoms with Gasteiger partial charge in [0.05, 0.1) is 13.2 Å². The Bertz CT molecular complexity index is 386. The van der Waals surface area contributed by atoms with E-state index in [1.54, 1.807) is 0 Å². The smallest absolute Gasteiger partial charge is 0.226 e. The van der Waals surface area contributed by atoms with E-state index in [-0.39, 0.29) is 18.4 Å². The Kier molecular flexibility index (Phi) is 4.52. The fraction of sp³-hybridized carbons (Fsp3) is 0.545. The van der Waals surface area contributed by atoms with Crippen LogP contribution in [0.4, 0.5) is 0 Å². The molecule has 0 aromatic carbocycles. The maximum Gasteiger partial charge on any atom is 0.226 e. The summed E-state index contributed by atoms with van der Waals surface area (Å²) < 4.78 is 5.09. The number of hydrogen-bond donors (Lipinski definition) is 2. The number of aliphatic hydroxyl groups is 1. The molecule has 0 spiro atoms. The topological polar surface area (TPSA) is 73.9 Å². The maximum atomic E-state index is 11.2. The molecule has 0 aliphatic heterocycles. The maximum absolute atomic E-state index is 11.2. The molecule has 90 valence electrons. The van der Waals surface area contributed by atoms with E-state index in [1.165, 1.54) is 6.07 Å². The van der Waals surface area contributed by atoms with Gasteiger partial charge in [0.2, 0.25) is 5.43 Å². The lowest BCUT2D eigenvalue weighted by Crippen LogP contribution is -2.33. The van der Waals surface area contributed by atoms with Crippen LogP contribution in [-0.2, 0) is 6.54 Å². The minimum absolute atomic E-state index is 0.0560. The van der Waals surface area contributed by atoms with E-state index >= 15 is 0 Å². The van der Waals surface area contributed by atoms with Gasteiger partial charge in [-0.3, -0.25) is 9.69 Å². The van der Waals surface area contributed by atoms with Crippen molar-refractivity contribution in [3.05, 3.63) is 28.3 Å². The molecule has 0 amide bonds. The number of aliphatic hydroxyl groups excluding tert-OH is 1. The molecule has 0 saturated carbocycles. The normalized spacial score (nSPS) is 11.3. The molecule has 0 bridgehead atoms. The molecule has 0 aliphatic rings. The van der Waals surface area contributed by atoms with Crippen molar-refractivity contribution in [1.82, 2.24) is 4.90 Å². The molecule has 0 atom stereocenters.